The third-order valence-electron chi connectivity index (χ3n) is 7.91. The molecule has 6 nitrogen and oxygen atoms in total. The first kappa shape index (κ1) is 29.6. The van der Waals surface area contributed by atoms with E-state index in [-0.39, 0.29) is 13.2 Å². The number of hydrogen-bond acceptors (Lipinski definition) is 5. The van der Waals surface area contributed by atoms with Crippen LogP contribution in [0.15, 0.2) is 157 Å². The van der Waals surface area contributed by atoms with Gasteiger partial charge in [-0.3, -0.25) is 4.79 Å². The summed E-state index contributed by atoms with van der Waals surface area (Å²) in [5.41, 5.74) is 10.9. The smallest absolute Gasteiger partial charge is 0.271 e. The summed E-state index contributed by atoms with van der Waals surface area (Å²) in [6.45, 7) is 0.853. The number of hydrazone groups is 1. The van der Waals surface area contributed by atoms with Crippen molar-refractivity contribution in [3.05, 3.63) is 185 Å². The standard InChI is InChI=1S/C41H32N2O4/c44-41(43-42-39-35-22-12-10-20-33(35)34-21-11-13-23-36(34)39)32-24-37(45-26-29-14-4-1-5-15-29)40(47-28-31-18-8-3-9-19-31)38(25-32)46-27-30-16-6-2-7-17-30/h1-25H,26-28H2,(H,43,44). The summed E-state index contributed by atoms with van der Waals surface area (Å²) in [7, 11) is 0. The van der Waals surface area contributed by atoms with Crippen molar-refractivity contribution in [1.82, 2.24) is 5.43 Å². The first-order valence-corrected chi connectivity index (χ1v) is 15.5. The highest BCUT2D eigenvalue weighted by atomic mass is 16.5. The Hall–Kier alpha value is -6.14. The molecule has 6 aromatic rings. The zero-order chi connectivity index (χ0) is 31.8. The molecular formula is C41H32N2O4. The van der Waals surface area contributed by atoms with Gasteiger partial charge in [-0.2, -0.15) is 5.10 Å². The van der Waals surface area contributed by atoms with E-state index in [0.29, 0.717) is 35.1 Å². The predicted octanol–water partition coefficient (Wildman–Crippen LogP) is 8.59. The van der Waals surface area contributed by atoms with Crippen molar-refractivity contribution in [2.45, 2.75) is 19.8 Å². The zero-order valence-corrected chi connectivity index (χ0v) is 25.6. The van der Waals surface area contributed by atoms with Crippen molar-refractivity contribution < 1.29 is 19.0 Å². The molecule has 0 radical (unpaired) electrons. The Balaban J connectivity index is 1.24. The van der Waals surface area contributed by atoms with Gasteiger partial charge in [-0.25, -0.2) is 5.43 Å². The number of benzene rings is 6. The molecule has 230 valence electrons. The number of fused-ring (bicyclic) bond motifs is 3. The van der Waals surface area contributed by atoms with Crippen LogP contribution in [0.1, 0.15) is 38.2 Å². The number of rotatable bonds is 11. The lowest BCUT2D eigenvalue weighted by Gasteiger charge is -2.19. The van der Waals surface area contributed by atoms with Crippen LogP contribution in [0.5, 0.6) is 17.2 Å². The molecule has 1 N–H and O–H groups in total. The number of hydrogen-bond donors (Lipinski definition) is 1. The highest BCUT2D eigenvalue weighted by Gasteiger charge is 2.25. The molecule has 1 amide bonds. The van der Waals surface area contributed by atoms with Crippen LogP contribution in [0.4, 0.5) is 0 Å². The third kappa shape index (κ3) is 6.77. The molecule has 6 heteroatoms. The summed E-state index contributed by atoms with van der Waals surface area (Å²) in [6, 6.07) is 49.1. The second-order valence-corrected chi connectivity index (χ2v) is 11.1. The summed E-state index contributed by atoms with van der Waals surface area (Å²) in [5, 5.41) is 4.63. The van der Waals surface area contributed by atoms with Crippen LogP contribution in [-0.2, 0) is 19.8 Å². The second kappa shape index (κ2) is 13.9. The summed E-state index contributed by atoms with van der Waals surface area (Å²) in [4.78, 5) is 13.8. The molecule has 0 saturated heterocycles. The Morgan fingerprint density at radius 3 is 1.32 bits per heavy atom. The minimum Gasteiger partial charge on any atom is -0.485 e. The molecule has 0 bridgehead atoms. The van der Waals surface area contributed by atoms with Crippen molar-refractivity contribution in [1.29, 1.82) is 0 Å². The van der Waals surface area contributed by atoms with Gasteiger partial charge in [0, 0.05) is 16.7 Å². The fourth-order valence-electron chi connectivity index (χ4n) is 5.55. The van der Waals surface area contributed by atoms with Gasteiger partial charge in [0.05, 0.1) is 5.71 Å². The maximum atomic E-state index is 13.8. The van der Waals surface area contributed by atoms with Crippen molar-refractivity contribution in [2.24, 2.45) is 5.10 Å². The van der Waals surface area contributed by atoms with Crippen molar-refractivity contribution in [3.63, 3.8) is 0 Å². The third-order valence-corrected chi connectivity index (χ3v) is 7.91. The van der Waals surface area contributed by atoms with E-state index < -0.39 is 5.91 Å². The molecule has 0 aromatic heterocycles. The van der Waals surface area contributed by atoms with E-state index in [1.807, 2.05) is 127 Å². The van der Waals surface area contributed by atoms with Gasteiger partial charge in [0.25, 0.3) is 5.91 Å². The maximum absolute atomic E-state index is 13.8. The van der Waals surface area contributed by atoms with Gasteiger partial charge in [0.2, 0.25) is 5.75 Å². The Labute approximate surface area is 273 Å². The van der Waals surface area contributed by atoms with Gasteiger partial charge >= 0.3 is 0 Å². The van der Waals surface area contributed by atoms with E-state index >= 15 is 0 Å². The van der Waals surface area contributed by atoms with E-state index in [1.54, 1.807) is 12.1 Å². The van der Waals surface area contributed by atoms with Crippen LogP contribution in [0, 0.1) is 0 Å². The molecule has 0 aliphatic heterocycles. The molecule has 0 atom stereocenters. The van der Waals surface area contributed by atoms with E-state index in [1.165, 1.54) is 0 Å². The van der Waals surface area contributed by atoms with Gasteiger partial charge in [-0.15, -0.1) is 0 Å². The van der Waals surface area contributed by atoms with Crippen molar-refractivity contribution in [3.8, 4) is 28.4 Å². The van der Waals surface area contributed by atoms with Crippen LogP contribution in [0.3, 0.4) is 0 Å². The molecule has 0 fully saturated rings. The number of nitrogens with zero attached hydrogens (tertiary/aromatic N) is 1. The van der Waals surface area contributed by atoms with Crippen LogP contribution >= 0.6 is 0 Å². The molecule has 7 rings (SSSR count). The van der Waals surface area contributed by atoms with E-state index in [9.17, 15) is 4.79 Å². The molecular weight excluding hydrogens is 584 g/mol. The molecule has 0 heterocycles. The fraction of sp³-hybridized carbons (Fsp3) is 0.0732. The molecule has 0 spiro atoms. The lowest BCUT2D eigenvalue weighted by Crippen LogP contribution is -2.20. The van der Waals surface area contributed by atoms with Crippen LogP contribution in [-0.4, -0.2) is 11.6 Å². The van der Waals surface area contributed by atoms with Gasteiger partial charge in [-0.05, 0) is 39.9 Å². The minimum absolute atomic E-state index is 0.279. The fourth-order valence-corrected chi connectivity index (χ4v) is 5.55. The summed E-state index contributed by atoms with van der Waals surface area (Å²) >= 11 is 0. The number of carbonyl (C=O) groups excluding carboxylic acids is 1. The van der Waals surface area contributed by atoms with Gasteiger partial charge < -0.3 is 14.2 Å². The minimum atomic E-state index is -0.400. The Bertz CT molecular complexity index is 1910. The maximum Gasteiger partial charge on any atom is 0.271 e. The average Bonchev–Trinajstić information content (AvgIpc) is 3.46. The van der Waals surface area contributed by atoms with Crippen molar-refractivity contribution in [2.75, 3.05) is 0 Å². The lowest BCUT2D eigenvalue weighted by atomic mass is 10.1. The lowest BCUT2D eigenvalue weighted by molar-refractivity contribution is 0.0953. The number of carbonyl (C=O) groups is 1. The van der Waals surface area contributed by atoms with Crippen LogP contribution in [0.2, 0.25) is 0 Å². The average molecular weight is 617 g/mol. The monoisotopic (exact) mass is 616 g/mol. The van der Waals surface area contributed by atoms with E-state index in [0.717, 1.165) is 38.9 Å². The molecule has 1 aliphatic carbocycles. The van der Waals surface area contributed by atoms with E-state index in [4.69, 9.17) is 14.2 Å². The molecule has 0 saturated carbocycles. The predicted molar refractivity (Wildman–Crippen MR) is 184 cm³/mol. The van der Waals surface area contributed by atoms with Crippen LogP contribution < -0.4 is 19.6 Å². The van der Waals surface area contributed by atoms with Gasteiger partial charge in [0.15, 0.2) is 11.5 Å². The zero-order valence-electron chi connectivity index (χ0n) is 25.6. The topological polar surface area (TPSA) is 69.2 Å². The summed E-state index contributed by atoms with van der Waals surface area (Å²) < 4.78 is 19.1. The highest BCUT2D eigenvalue weighted by molar-refractivity contribution is 6.24. The quantitative estimate of drug-likeness (QED) is 0.148. The van der Waals surface area contributed by atoms with Gasteiger partial charge in [-0.1, -0.05) is 140 Å². The SMILES string of the molecule is O=C(NN=C1c2ccccc2-c2ccccc21)c1cc(OCc2ccccc2)c(OCc2ccccc2)c(OCc2ccccc2)c1. The first-order valence-electron chi connectivity index (χ1n) is 15.5. The Morgan fingerprint density at radius 2 is 0.872 bits per heavy atom. The summed E-state index contributed by atoms with van der Waals surface area (Å²) in [5.74, 6) is 0.805. The van der Waals surface area contributed by atoms with E-state index in [2.05, 4.69) is 22.7 Å². The van der Waals surface area contributed by atoms with Gasteiger partial charge in [0.1, 0.15) is 19.8 Å². The summed E-state index contributed by atoms with van der Waals surface area (Å²) in [6.07, 6.45) is 0. The van der Waals surface area contributed by atoms with Crippen LogP contribution in [0.25, 0.3) is 11.1 Å². The molecule has 47 heavy (non-hydrogen) atoms. The molecule has 6 aromatic carbocycles. The largest absolute Gasteiger partial charge is 0.485 e. The Morgan fingerprint density at radius 1 is 0.489 bits per heavy atom. The Kier molecular flexibility index (Phi) is 8.73. The number of amides is 1. The normalized spacial score (nSPS) is 11.3. The molecule has 1 aliphatic rings. The second-order valence-electron chi connectivity index (χ2n) is 11.1. The first-order chi connectivity index (χ1) is 23.2. The number of nitrogens with one attached hydrogen (secondary N) is 1. The molecule has 0 unspecified atom stereocenters. The number of ether oxygens (including phenoxy) is 3. The van der Waals surface area contributed by atoms with Crippen molar-refractivity contribution >= 4 is 11.6 Å². The highest BCUT2D eigenvalue weighted by Crippen LogP contribution is 2.41.